The molecule has 0 saturated carbocycles. The molecule has 1 atom stereocenters. The van der Waals surface area contributed by atoms with Crippen molar-refractivity contribution in [3.05, 3.63) is 29.3 Å². The molecule has 0 fully saturated rings. The minimum absolute atomic E-state index is 0.743. The average molecular weight is 250 g/mol. The van der Waals surface area contributed by atoms with Crippen molar-refractivity contribution < 1.29 is 0 Å². The van der Waals surface area contributed by atoms with E-state index < -0.39 is 0 Å². The summed E-state index contributed by atoms with van der Waals surface area (Å²) in [6.07, 6.45) is 6.85. The van der Waals surface area contributed by atoms with Crippen LogP contribution in [0.15, 0.2) is 23.1 Å². The number of rotatable bonds is 7. The summed E-state index contributed by atoms with van der Waals surface area (Å²) in [5.74, 6) is 0. The van der Waals surface area contributed by atoms with Gasteiger partial charge in [0, 0.05) is 10.1 Å². The van der Waals surface area contributed by atoms with E-state index in [0.717, 1.165) is 5.25 Å². The SMILES string of the molecule is CCCCCCC(C)Sc1cc(C)ccc1C. The van der Waals surface area contributed by atoms with E-state index in [0.29, 0.717) is 0 Å². The second-order valence-electron chi connectivity index (χ2n) is 5.05. The first-order valence-electron chi connectivity index (χ1n) is 6.87. The van der Waals surface area contributed by atoms with Gasteiger partial charge in [0.1, 0.15) is 0 Å². The van der Waals surface area contributed by atoms with E-state index in [1.807, 2.05) is 11.8 Å². The Balaban J connectivity index is 2.39. The fourth-order valence-electron chi connectivity index (χ4n) is 1.97. The molecule has 1 heteroatoms. The van der Waals surface area contributed by atoms with Crippen molar-refractivity contribution in [3.63, 3.8) is 0 Å². The molecule has 0 aliphatic carbocycles. The van der Waals surface area contributed by atoms with E-state index in [4.69, 9.17) is 0 Å². The molecule has 0 heterocycles. The Morgan fingerprint density at radius 2 is 1.88 bits per heavy atom. The normalized spacial score (nSPS) is 12.7. The minimum Gasteiger partial charge on any atom is -0.123 e. The summed E-state index contributed by atoms with van der Waals surface area (Å²) >= 11 is 2.04. The zero-order chi connectivity index (χ0) is 12.7. The molecule has 1 aromatic carbocycles. The van der Waals surface area contributed by atoms with Crippen LogP contribution in [-0.4, -0.2) is 5.25 Å². The molecule has 17 heavy (non-hydrogen) atoms. The van der Waals surface area contributed by atoms with Crippen LogP contribution < -0.4 is 0 Å². The van der Waals surface area contributed by atoms with E-state index in [-0.39, 0.29) is 0 Å². The van der Waals surface area contributed by atoms with Crippen LogP contribution >= 0.6 is 11.8 Å². The van der Waals surface area contributed by atoms with Crippen LogP contribution in [0.4, 0.5) is 0 Å². The largest absolute Gasteiger partial charge is 0.123 e. The second kappa shape index (κ2) is 7.81. The monoisotopic (exact) mass is 250 g/mol. The summed E-state index contributed by atoms with van der Waals surface area (Å²) < 4.78 is 0. The third-order valence-electron chi connectivity index (χ3n) is 3.14. The van der Waals surface area contributed by atoms with Gasteiger partial charge in [0.25, 0.3) is 0 Å². The van der Waals surface area contributed by atoms with Gasteiger partial charge in [-0.2, -0.15) is 0 Å². The van der Waals surface area contributed by atoms with Crippen LogP contribution in [-0.2, 0) is 0 Å². The van der Waals surface area contributed by atoms with Gasteiger partial charge in [-0.3, -0.25) is 0 Å². The molecule has 0 amide bonds. The Bertz CT molecular complexity index is 330. The molecule has 0 aromatic heterocycles. The summed E-state index contributed by atoms with van der Waals surface area (Å²) in [6, 6.07) is 6.76. The van der Waals surface area contributed by atoms with Crippen molar-refractivity contribution in [1.29, 1.82) is 0 Å². The Morgan fingerprint density at radius 3 is 2.59 bits per heavy atom. The topological polar surface area (TPSA) is 0 Å². The first-order valence-corrected chi connectivity index (χ1v) is 7.75. The van der Waals surface area contributed by atoms with Crippen LogP contribution in [0.25, 0.3) is 0 Å². The summed E-state index contributed by atoms with van der Waals surface area (Å²) in [7, 11) is 0. The Kier molecular flexibility index (Phi) is 6.72. The molecule has 0 N–H and O–H groups in total. The molecule has 0 aliphatic heterocycles. The van der Waals surface area contributed by atoms with Crippen molar-refractivity contribution in [2.24, 2.45) is 0 Å². The quantitative estimate of drug-likeness (QED) is 0.438. The molecule has 0 radical (unpaired) electrons. The number of hydrogen-bond donors (Lipinski definition) is 0. The van der Waals surface area contributed by atoms with Gasteiger partial charge in [0.15, 0.2) is 0 Å². The van der Waals surface area contributed by atoms with Crippen LogP contribution in [0.3, 0.4) is 0 Å². The van der Waals surface area contributed by atoms with Gasteiger partial charge < -0.3 is 0 Å². The van der Waals surface area contributed by atoms with Crippen LogP contribution in [0.1, 0.15) is 57.1 Å². The van der Waals surface area contributed by atoms with E-state index in [1.54, 1.807) is 0 Å². The zero-order valence-corrected chi connectivity index (χ0v) is 12.6. The van der Waals surface area contributed by atoms with Crippen LogP contribution in [0.5, 0.6) is 0 Å². The lowest BCUT2D eigenvalue weighted by Crippen LogP contribution is -1.97. The zero-order valence-electron chi connectivity index (χ0n) is 11.8. The highest BCUT2D eigenvalue weighted by Crippen LogP contribution is 2.29. The minimum atomic E-state index is 0.743. The predicted molar refractivity (Wildman–Crippen MR) is 80.0 cm³/mol. The van der Waals surface area contributed by atoms with Gasteiger partial charge in [0.05, 0.1) is 0 Å². The van der Waals surface area contributed by atoms with E-state index in [9.17, 15) is 0 Å². The summed E-state index contributed by atoms with van der Waals surface area (Å²) in [4.78, 5) is 1.47. The Labute approximate surface area is 111 Å². The second-order valence-corrected chi connectivity index (χ2v) is 6.53. The molecular weight excluding hydrogens is 224 g/mol. The van der Waals surface area contributed by atoms with Gasteiger partial charge in [-0.25, -0.2) is 0 Å². The lowest BCUT2D eigenvalue weighted by molar-refractivity contribution is 0.630. The molecule has 1 rings (SSSR count). The van der Waals surface area contributed by atoms with Crippen molar-refractivity contribution in [2.75, 3.05) is 0 Å². The highest BCUT2D eigenvalue weighted by atomic mass is 32.2. The first-order chi connectivity index (χ1) is 8.13. The molecule has 0 nitrogen and oxygen atoms in total. The molecule has 1 aromatic rings. The number of hydrogen-bond acceptors (Lipinski definition) is 1. The number of unbranched alkanes of at least 4 members (excludes halogenated alkanes) is 3. The maximum Gasteiger partial charge on any atom is 0.0107 e. The smallest absolute Gasteiger partial charge is 0.0107 e. The predicted octanol–water partition coefficient (Wildman–Crippen LogP) is 5.75. The number of benzene rings is 1. The van der Waals surface area contributed by atoms with Crippen LogP contribution in [0.2, 0.25) is 0 Å². The van der Waals surface area contributed by atoms with Gasteiger partial charge in [0.2, 0.25) is 0 Å². The molecular formula is C16H26S. The lowest BCUT2D eigenvalue weighted by Gasteiger charge is -2.13. The maximum atomic E-state index is 2.36. The van der Waals surface area contributed by atoms with Crippen molar-refractivity contribution in [1.82, 2.24) is 0 Å². The molecule has 0 saturated heterocycles. The highest BCUT2D eigenvalue weighted by Gasteiger charge is 2.06. The fourth-order valence-corrected chi connectivity index (χ4v) is 3.19. The number of thioether (sulfide) groups is 1. The average Bonchev–Trinajstić information content (AvgIpc) is 2.29. The first kappa shape index (κ1) is 14.6. The fraction of sp³-hybridized carbons (Fsp3) is 0.625. The van der Waals surface area contributed by atoms with Crippen molar-refractivity contribution in [2.45, 2.75) is 69.9 Å². The lowest BCUT2D eigenvalue weighted by atomic mass is 10.1. The molecule has 0 aliphatic rings. The van der Waals surface area contributed by atoms with E-state index in [1.165, 1.54) is 48.1 Å². The maximum absolute atomic E-state index is 2.36. The third kappa shape index (κ3) is 5.63. The molecule has 0 bridgehead atoms. The van der Waals surface area contributed by atoms with E-state index in [2.05, 4.69) is 45.9 Å². The molecule has 0 spiro atoms. The van der Waals surface area contributed by atoms with Gasteiger partial charge in [-0.05, 0) is 31.9 Å². The summed E-state index contributed by atoms with van der Waals surface area (Å²) in [5, 5.41) is 0.743. The molecule has 1 unspecified atom stereocenters. The third-order valence-corrected chi connectivity index (χ3v) is 4.47. The highest BCUT2D eigenvalue weighted by molar-refractivity contribution is 8.00. The van der Waals surface area contributed by atoms with E-state index >= 15 is 0 Å². The van der Waals surface area contributed by atoms with Crippen LogP contribution in [0, 0.1) is 13.8 Å². The van der Waals surface area contributed by atoms with Crippen molar-refractivity contribution in [3.8, 4) is 0 Å². The number of aryl methyl sites for hydroxylation is 2. The standard InChI is InChI=1S/C16H26S/c1-5-6-7-8-9-15(4)17-16-12-13(2)10-11-14(16)3/h10-12,15H,5-9H2,1-4H3. The van der Waals surface area contributed by atoms with Gasteiger partial charge in [-0.15, -0.1) is 11.8 Å². The van der Waals surface area contributed by atoms with Crippen molar-refractivity contribution >= 4 is 11.8 Å². The Hall–Kier alpha value is -0.430. The van der Waals surface area contributed by atoms with Gasteiger partial charge in [-0.1, -0.05) is 57.2 Å². The molecule has 96 valence electrons. The summed E-state index contributed by atoms with van der Waals surface area (Å²) in [6.45, 7) is 9.02. The Morgan fingerprint density at radius 1 is 1.12 bits per heavy atom. The van der Waals surface area contributed by atoms with Gasteiger partial charge >= 0.3 is 0 Å². The summed E-state index contributed by atoms with van der Waals surface area (Å²) in [5.41, 5.74) is 2.79.